The number of anilines is 1. The molecule has 0 spiro atoms. The predicted molar refractivity (Wildman–Crippen MR) is 105 cm³/mol. The lowest BCUT2D eigenvalue weighted by Crippen LogP contribution is -2.07. The van der Waals surface area contributed by atoms with Crippen LogP contribution in [0.2, 0.25) is 5.02 Å². The number of hydrogen-bond acceptors (Lipinski definition) is 5. The Kier molecular flexibility index (Phi) is 5.99. The van der Waals surface area contributed by atoms with Crippen molar-refractivity contribution >= 4 is 40.1 Å². The first-order valence-corrected chi connectivity index (χ1v) is 9.03. The molecule has 0 aliphatic heterocycles. The SMILES string of the molecule is COc1ccccc1Cc1nnc(NC(=O)/C=C/c2ccccc2Cl)s1. The van der Waals surface area contributed by atoms with Crippen LogP contribution in [0.25, 0.3) is 6.08 Å². The zero-order valence-corrected chi connectivity index (χ0v) is 15.6. The predicted octanol–water partition coefficient (Wildman–Crippen LogP) is 4.44. The zero-order chi connectivity index (χ0) is 18.4. The number of carbonyl (C=O) groups excluding carboxylic acids is 1. The van der Waals surface area contributed by atoms with Gasteiger partial charge in [-0.15, -0.1) is 10.2 Å². The van der Waals surface area contributed by atoms with Crippen molar-refractivity contribution in [3.63, 3.8) is 0 Å². The highest BCUT2D eigenvalue weighted by atomic mass is 35.5. The van der Waals surface area contributed by atoms with E-state index < -0.39 is 0 Å². The van der Waals surface area contributed by atoms with Crippen LogP contribution in [0.5, 0.6) is 5.75 Å². The number of amides is 1. The summed E-state index contributed by atoms with van der Waals surface area (Å²) >= 11 is 7.39. The summed E-state index contributed by atoms with van der Waals surface area (Å²) in [6.07, 6.45) is 3.67. The third-order valence-electron chi connectivity index (χ3n) is 3.55. The van der Waals surface area contributed by atoms with Gasteiger partial charge in [0.15, 0.2) is 0 Å². The normalized spacial score (nSPS) is 10.8. The number of ether oxygens (including phenoxy) is 1. The van der Waals surface area contributed by atoms with E-state index in [0.717, 1.165) is 21.9 Å². The summed E-state index contributed by atoms with van der Waals surface area (Å²) in [4.78, 5) is 12.0. The Balaban J connectivity index is 1.63. The first-order chi connectivity index (χ1) is 12.7. The number of rotatable bonds is 6. The summed E-state index contributed by atoms with van der Waals surface area (Å²) in [7, 11) is 1.63. The standard InChI is InChI=1S/C19H16ClN3O2S/c1-25-16-9-5-3-7-14(16)12-18-22-23-19(26-18)21-17(24)11-10-13-6-2-4-8-15(13)20/h2-11H,12H2,1H3,(H,21,23,24)/b11-10+. The van der Waals surface area contributed by atoms with Gasteiger partial charge < -0.3 is 4.74 Å². The number of methoxy groups -OCH3 is 1. The molecular formula is C19H16ClN3O2S. The Morgan fingerprint density at radius 3 is 2.77 bits per heavy atom. The summed E-state index contributed by atoms with van der Waals surface area (Å²) in [6, 6.07) is 15.0. The molecule has 2 aromatic carbocycles. The lowest BCUT2D eigenvalue weighted by atomic mass is 10.1. The van der Waals surface area contributed by atoms with E-state index in [2.05, 4.69) is 15.5 Å². The fourth-order valence-electron chi connectivity index (χ4n) is 2.31. The lowest BCUT2D eigenvalue weighted by molar-refractivity contribution is -0.111. The number of aromatic nitrogens is 2. The number of nitrogens with zero attached hydrogens (tertiary/aromatic N) is 2. The molecule has 1 heterocycles. The minimum Gasteiger partial charge on any atom is -0.496 e. The first kappa shape index (κ1) is 18.1. The van der Waals surface area contributed by atoms with Crippen molar-refractivity contribution in [3.8, 4) is 5.75 Å². The van der Waals surface area contributed by atoms with Crippen LogP contribution in [0.4, 0.5) is 5.13 Å². The summed E-state index contributed by atoms with van der Waals surface area (Å²) in [5.41, 5.74) is 1.79. The van der Waals surface area contributed by atoms with Crippen LogP contribution in [-0.2, 0) is 11.2 Å². The van der Waals surface area contributed by atoms with Gasteiger partial charge in [-0.3, -0.25) is 10.1 Å². The van der Waals surface area contributed by atoms with Crippen molar-refractivity contribution in [1.82, 2.24) is 10.2 Å². The monoisotopic (exact) mass is 385 g/mol. The molecule has 1 amide bonds. The molecule has 3 rings (SSSR count). The van der Waals surface area contributed by atoms with E-state index in [1.54, 1.807) is 19.3 Å². The largest absolute Gasteiger partial charge is 0.496 e. The van der Waals surface area contributed by atoms with Crippen LogP contribution in [0.1, 0.15) is 16.1 Å². The van der Waals surface area contributed by atoms with Crippen LogP contribution >= 0.6 is 22.9 Å². The van der Waals surface area contributed by atoms with Crippen molar-refractivity contribution in [2.75, 3.05) is 12.4 Å². The topological polar surface area (TPSA) is 64.1 Å². The van der Waals surface area contributed by atoms with E-state index in [1.807, 2.05) is 42.5 Å². The van der Waals surface area contributed by atoms with Gasteiger partial charge in [-0.25, -0.2) is 0 Å². The van der Waals surface area contributed by atoms with E-state index in [0.29, 0.717) is 16.6 Å². The van der Waals surface area contributed by atoms with E-state index in [4.69, 9.17) is 16.3 Å². The Labute approximate surface area is 160 Å². The molecule has 3 aromatic rings. The maximum Gasteiger partial charge on any atom is 0.250 e. The molecule has 7 heteroatoms. The zero-order valence-electron chi connectivity index (χ0n) is 14.0. The van der Waals surface area contributed by atoms with Crippen molar-refractivity contribution < 1.29 is 9.53 Å². The second-order valence-corrected chi connectivity index (χ2v) is 6.80. The minimum absolute atomic E-state index is 0.287. The van der Waals surface area contributed by atoms with Crippen molar-refractivity contribution in [2.45, 2.75) is 6.42 Å². The highest BCUT2D eigenvalue weighted by Gasteiger charge is 2.10. The van der Waals surface area contributed by atoms with Crippen molar-refractivity contribution in [3.05, 3.63) is 75.8 Å². The highest BCUT2D eigenvalue weighted by Crippen LogP contribution is 2.24. The van der Waals surface area contributed by atoms with Crippen molar-refractivity contribution in [1.29, 1.82) is 0 Å². The minimum atomic E-state index is -0.287. The summed E-state index contributed by atoms with van der Waals surface area (Å²) in [6.45, 7) is 0. The molecule has 0 fully saturated rings. The van der Waals surface area contributed by atoms with Crippen LogP contribution in [0.15, 0.2) is 54.6 Å². The van der Waals surface area contributed by atoms with Gasteiger partial charge in [0.2, 0.25) is 11.0 Å². The van der Waals surface area contributed by atoms with Gasteiger partial charge in [0.25, 0.3) is 0 Å². The molecule has 0 radical (unpaired) electrons. The molecule has 0 bridgehead atoms. The fraction of sp³-hybridized carbons (Fsp3) is 0.105. The molecular weight excluding hydrogens is 370 g/mol. The molecule has 26 heavy (non-hydrogen) atoms. The molecule has 0 aliphatic rings. The molecule has 132 valence electrons. The van der Waals surface area contributed by atoms with Gasteiger partial charge in [-0.1, -0.05) is 59.3 Å². The Bertz CT molecular complexity index is 940. The van der Waals surface area contributed by atoms with Gasteiger partial charge >= 0.3 is 0 Å². The van der Waals surface area contributed by atoms with Crippen LogP contribution in [-0.4, -0.2) is 23.2 Å². The molecule has 0 saturated carbocycles. The molecule has 1 aromatic heterocycles. The Morgan fingerprint density at radius 2 is 1.96 bits per heavy atom. The van der Waals surface area contributed by atoms with Crippen LogP contribution in [0, 0.1) is 0 Å². The van der Waals surface area contributed by atoms with Gasteiger partial charge in [-0.05, 0) is 23.8 Å². The average Bonchev–Trinajstić information content (AvgIpc) is 3.08. The fourth-order valence-corrected chi connectivity index (χ4v) is 3.27. The Morgan fingerprint density at radius 1 is 1.19 bits per heavy atom. The first-order valence-electron chi connectivity index (χ1n) is 7.83. The second-order valence-electron chi connectivity index (χ2n) is 5.33. The number of halogens is 1. The number of nitrogens with one attached hydrogen (secondary N) is 1. The lowest BCUT2D eigenvalue weighted by Gasteiger charge is -2.05. The quantitative estimate of drug-likeness (QED) is 0.637. The van der Waals surface area contributed by atoms with Gasteiger partial charge in [-0.2, -0.15) is 0 Å². The molecule has 5 nitrogen and oxygen atoms in total. The summed E-state index contributed by atoms with van der Waals surface area (Å²) < 4.78 is 5.34. The van der Waals surface area contributed by atoms with Crippen LogP contribution in [0.3, 0.4) is 0 Å². The van der Waals surface area contributed by atoms with E-state index in [1.165, 1.54) is 17.4 Å². The van der Waals surface area contributed by atoms with E-state index in [-0.39, 0.29) is 5.91 Å². The van der Waals surface area contributed by atoms with Gasteiger partial charge in [0.05, 0.1) is 7.11 Å². The molecule has 0 unspecified atom stereocenters. The number of hydrogen-bond donors (Lipinski definition) is 1. The third-order valence-corrected chi connectivity index (χ3v) is 4.73. The molecule has 1 N–H and O–H groups in total. The summed E-state index contributed by atoms with van der Waals surface area (Å²) in [5.74, 6) is 0.515. The summed E-state index contributed by atoms with van der Waals surface area (Å²) in [5, 5.41) is 12.7. The number of benzene rings is 2. The molecule has 0 aliphatic carbocycles. The van der Waals surface area contributed by atoms with Crippen molar-refractivity contribution in [2.24, 2.45) is 0 Å². The van der Waals surface area contributed by atoms with E-state index >= 15 is 0 Å². The molecule has 0 saturated heterocycles. The van der Waals surface area contributed by atoms with Gasteiger partial charge in [0, 0.05) is 23.1 Å². The Hall–Kier alpha value is -2.70. The maximum atomic E-state index is 12.0. The molecule has 0 atom stereocenters. The second kappa shape index (κ2) is 8.60. The smallest absolute Gasteiger partial charge is 0.250 e. The highest BCUT2D eigenvalue weighted by molar-refractivity contribution is 7.15. The van der Waals surface area contributed by atoms with E-state index in [9.17, 15) is 4.79 Å². The maximum absolute atomic E-state index is 12.0. The van der Waals surface area contributed by atoms with Gasteiger partial charge in [0.1, 0.15) is 10.8 Å². The van der Waals surface area contributed by atoms with Crippen LogP contribution < -0.4 is 10.1 Å². The number of carbonyl (C=O) groups is 1. The average molecular weight is 386 g/mol. The number of para-hydroxylation sites is 1. The third kappa shape index (κ3) is 4.68.